The Morgan fingerprint density at radius 3 is 1.21 bits per heavy atom. The van der Waals surface area contributed by atoms with E-state index in [0.29, 0.717) is 5.78 Å². The standard InChI is InChI=1S/C25H48O.ClH.H3N/c1-5-7-8-9-10-11-12-13-14-15-16-17-18-19-20-22-25(26)24(21-6-2)23(3)4;;/h5-22H2,1-4H3;1H;1H3. The van der Waals surface area contributed by atoms with Crippen molar-refractivity contribution < 1.29 is 4.79 Å². The largest absolute Gasteiger partial charge is 0.344 e. The van der Waals surface area contributed by atoms with E-state index in [9.17, 15) is 4.79 Å². The molecule has 3 N–H and O–H groups in total. The van der Waals surface area contributed by atoms with E-state index in [1.807, 2.05) is 0 Å². The summed E-state index contributed by atoms with van der Waals surface area (Å²) < 4.78 is 0. The first-order valence-corrected chi connectivity index (χ1v) is 11.8. The van der Waals surface area contributed by atoms with E-state index >= 15 is 0 Å². The number of carbonyl (C=O) groups is 1. The molecule has 2 nitrogen and oxygen atoms in total. The molecule has 0 aromatic heterocycles. The van der Waals surface area contributed by atoms with Gasteiger partial charge in [-0.15, -0.1) is 12.4 Å². The van der Waals surface area contributed by atoms with Crippen LogP contribution in [0.25, 0.3) is 0 Å². The van der Waals surface area contributed by atoms with Gasteiger partial charge in [0.05, 0.1) is 0 Å². The van der Waals surface area contributed by atoms with E-state index in [2.05, 4.69) is 27.7 Å². The summed E-state index contributed by atoms with van der Waals surface area (Å²) in [7, 11) is 0. The van der Waals surface area contributed by atoms with Crippen molar-refractivity contribution in [1.82, 2.24) is 6.15 Å². The highest BCUT2D eigenvalue weighted by atomic mass is 35.5. The first kappa shape index (κ1) is 32.3. The van der Waals surface area contributed by atoms with Crippen LogP contribution in [0.3, 0.4) is 0 Å². The van der Waals surface area contributed by atoms with E-state index < -0.39 is 0 Å². The van der Waals surface area contributed by atoms with Gasteiger partial charge in [0.2, 0.25) is 0 Å². The molecule has 0 fully saturated rings. The second-order valence-corrected chi connectivity index (χ2v) is 8.35. The van der Waals surface area contributed by atoms with Crippen LogP contribution in [0.5, 0.6) is 0 Å². The lowest BCUT2D eigenvalue weighted by atomic mass is 9.97. The van der Waals surface area contributed by atoms with Crippen molar-refractivity contribution in [3.63, 3.8) is 0 Å². The van der Waals surface area contributed by atoms with Gasteiger partial charge in [0.25, 0.3) is 0 Å². The fourth-order valence-corrected chi connectivity index (χ4v) is 3.73. The summed E-state index contributed by atoms with van der Waals surface area (Å²) in [4.78, 5) is 12.3. The van der Waals surface area contributed by atoms with Crippen molar-refractivity contribution in [2.75, 3.05) is 0 Å². The lowest BCUT2D eigenvalue weighted by molar-refractivity contribution is -0.115. The minimum absolute atomic E-state index is 0. The molecule has 28 heavy (non-hydrogen) atoms. The molecule has 0 aliphatic carbocycles. The predicted octanol–water partition coefficient (Wildman–Crippen LogP) is 9.54. The summed E-state index contributed by atoms with van der Waals surface area (Å²) >= 11 is 0. The minimum atomic E-state index is 0. The number of hydrogen-bond donors (Lipinski definition) is 1. The SMILES string of the molecule is CCCCCCCCCCCCCCCCCC(=O)C(CCC)=C(C)C.Cl.N. The number of rotatable bonds is 19. The van der Waals surface area contributed by atoms with Gasteiger partial charge in [-0.25, -0.2) is 0 Å². The zero-order valence-electron chi connectivity index (χ0n) is 19.8. The lowest BCUT2D eigenvalue weighted by Crippen LogP contribution is -2.04. The molecule has 0 bridgehead atoms. The van der Waals surface area contributed by atoms with E-state index in [4.69, 9.17) is 0 Å². The Balaban J connectivity index is -0.00000312. The summed E-state index contributed by atoms with van der Waals surface area (Å²) in [5, 5.41) is 0. The molecule has 0 aliphatic heterocycles. The Bertz CT molecular complexity index is 362. The fraction of sp³-hybridized carbons (Fsp3) is 0.880. The highest BCUT2D eigenvalue weighted by molar-refractivity contribution is 5.95. The number of allylic oxidation sites excluding steroid dienone is 2. The van der Waals surface area contributed by atoms with Crippen molar-refractivity contribution in [2.24, 2.45) is 0 Å². The normalized spacial score (nSPS) is 10.1. The zero-order chi connectivity index (χ0) is 19.5. The van der Waals surface area contributed by atoms with E-state index in [0.717, 1.165) is 31.3 Å². The molecule has 0 aliphatic rings. The van der Waals surface area contributed by atoms with E-state index in [1.54, 1.807) is 0 Å². The maximum atomic E-state index is 12.3. The van der Waals surface area contributed by atoms with Gasteiger partial charge < -0.3 is 6.15 Å². The average Bonchev–Trinajstić information content (AvgIpc) is 2.62. The molecule has 0 atom stereocenters. The fourth-order valence-electron chi connectivity index (χ4n) is 3.73. The summed E-state index contributed by atoms with van der Waals surface area (Å²) in [6, 6.07) is 0. The van der Waals surface area contributed by atoms with Gasteiger partial charge in [0.15, 0.2) is 5.78 Å². The number of hydrogen-bond acceptors (Lipinski definition) is 2. The number of unbranched alkanes of at least 4 members (excludes halogenated alkanes) is 14. The third kappa shape index (κ3) is 20.4. The highest BCUT2D eigenvalue weighted by Crippen LogP contribution is 2.17. The summed E-state index contributed by atoms with van der Waals surface area (Å²) in [6.45, 7) is 8.60. The van der Waals surface area contributed by atoms with Gasteiger partial charge >= 0.3 is 0 Å². The van der Waals surface area contributed by atoms with Crippen molar-refractivity contribution in [3.8, 4) is 0 Å². The van der Waals surface area contributed by atoms with Crippen LogP contribution >= 0.6 is 12.4 Å². The van der Waals surface area contributed by atoms with Crippen LogP contribution in [0.1, 0.15) is 143 Å². The van der Waals surface area contributed by atoms with Crippen molar-refractivity contribution in [3.05, 3.63) is 11.1 Å². The maximum Gasteiger partial charge on any atom is 0.158 e. The second kappa shape index (κ2) is 24.7. The third-order valence-electron chi connectivity index (χ3n) is 5.45. The van der Waals surface area contributed by atoms with Gasteiger partial charge in [-0.1, -0.05) is 116 Å². The van der Waals surface area contributed by atoms with Crippen LogP contribution in [-0.4, -0.2) is 5.78 Å². The van der Waals surface area contributed by atoms with Crippen LogP contribution in [0, 0.1) is 0 Å². The number of Topliss-reactive ketones (excluding diaryl/α,β-unsaturated/α-hetero) is 1. The third-order valence-corrected chi connectivity index (χ3v) is 5.45. The Morgan fingerprint density at radius 1 is 0.536 bits per heavy atom. The quantitative estimate of drug-likeness (QED) is 0.168. The van der Waals surface area contributed by atoms with Crippen molar-refractivity contribution in [1.29, 1.82) is 0 Å². The predicted molar refractivity (Wildman–Crippen MR) is 130 cm³/mol. The van der Waals surface area contributed by atoms with Gasteiger partial charge in [-0.2, -0.15) is 0 Å². The molecule has 0 rings (SSSR count). The average molecular weight is 418 g/mol. The molecule has 0 aromatic rings. The van der Waals surface area contributed by atoms with E-state index in [-0.39, 0.29) is 18.6 Å². The molecular weight excluding hydrogens is 366 g/mol. The molecule has 0 radical (unpaired) electrons. The van der Waals surface area contributed by atoms with Gasteiger partial charge in [0.1, 0.15) is 0 Å². The summed E-state index contributed by atoms with van der Waals surface area (Å²) in [5.41, 5.74) is 2.32. The molecule has 0 amide bonds. The van der Waals surface area contributed by atoms with Crippen LogP contribution in [0.4, 0.5) is 0 Å². The monoisotopic (exact) mass is 417 g/mol. The zero-order valence-corrected chi connectivity index (χ0v) is 20.6. The summed E-state index contributed by atoms with van der Waals surface area (Å²) in [5.74, 6) is 0.404. The minimum Gasteiger partial charge on any atom is -0.344 e. The molecule has 170 valence electrons. The van der Waals surface area contributed by atoms with Gasteiger partial charge in [0, 0.05) is 6.42 Å². The Labute approximate surface area is 183 Å². The van der Waals surface area contributed by atoms with Crippen molar-refractivity contribution in [2.45, 2.75) is 143 Å². The molecule has 0 saturated heterocycles. The Kier molecular flexibility index (Phi) is 28.5. The highest BCUT2D eigenvalue weighted by Gasteiger charge is 2.09. The van der Waals surface area contributed by atoms with Gasteiger partial charge in [-0.05, 0) is 32.3 Å². The first-order valence-electron chi connectivity index (χ1n) is 11.8. The first-order chi connectivity index (χ1) is 12.6. The van der Waals surface area contributed by atoms with Gasteiger partial charge in [-0.3, -0.25) is 4.79 Å². The molecule has 0 saturated carbocycles. The van der Waals surface area contributed by atoms with Crippen LogP contribution in [0.2, 0.25) is 0 Å². The number of ketones is 1. The second-order valence-electron chi connectivity index (χ2n) is 8.35. The van der Waals surface area contributed by atoms with Crippen LogP contribution in [0.15, 0.2) is 11.1 Å². The number of halogens is 1. The Hall–Kier alpha value is -0.340. The van der Waals surface area contributed by atoms with Crippen molar-refractivity contribution >= 4 is 18.2 Å². The molecule has 0 aromatic carbocycles. The topological polar surface area (TPSA) is 52.1 Å². The van der Waals surface area contributed by atoms with Crippen LogP contribution < -0.4 is 6.15 Å². The molecule has 3 heteroatoms. The smallest absolute Gasteiger partial charge is 0.158 e. The maximum absolute atomic E-state index is 12.3. The summed E-state index contributed by atoms with van der Waals surface area (Å²) in [6.07, 6.45) is 23.4. The Morgan fingerprint density at radius 2 is 0.893 bits per heavy atom. The molecule has 0 spiro atoms. The molecular formula is C25H52ClNO. The van der Waals surface area contributed by atoms with E-state index in [1.165, 1.54) is 95.5 Å². The van der Waals surface area contributed by atoms with Crippen LogP contribution in [-0.2, 0) is 4.79 Å². The molecule has 0 unspecified atom stereocenters. The number of carbonyl (C=O) groups excluding carboxylic acids is 1. The lowest BCUT2D eigenvalue weighted by Gasteiger charge is -2.08. The molecule has 0 heterocycles.